The van der Waals surface area contributed by atoms with E-state index in [2.05, 4.69) is 18.7 Å². The van der Waals surface area contributed by atoms with Crippen LogP contribution in [-0.4, -0.2) is 30.4 Å². The van der Waals surface area contributed by atoms with E-state index in [1.54, 1.807) is 7.11 Å². The van der Waals surface area contributed by atoms with E-state index in [1.165, 1.54) is 18.4 Å². The second-order valence-electron chi connectivity index (χ2n) is 5.90. The molecule has 20 heavy (non-hydrogen) atoms. The van der Waals surface area contributed by atoms with Crippen LogP contribution < -0.4 is 10.5 Å². The molecule has 0 amide bonds. The van der Waals surface area contributed by atoms with Crippen molar-refractivity contribution in [1.82, 2.24) is 4.90 Å². The Morgan fingerprint density at radius 2 is 2.20 bits per heavy atom. The van der Waals surface area contributed by atoms with Crippen LogP contribution in [-0.2, 0) is 6.54 Å². The van der Waals surface area contributed by atoms with Crippen LogP contribution in [0.3, 0.4) is 0 Å². The highest BCUT2D eigenvalue weighted by Gasteiger charge is 2.22. The van der Waals surface area contributed by atoms with Crippen molar-refractivity contribution in [2.45, 2.75) is 39.3 Å². The van der Waals surface area contributed by atoms with E-state index >= 15 is 0 Å². The number of methoxy groups -OCH3 is 1. The molecule has 1 fully saturated rings. The van der Waals surface area contributed by atoms with E-state index in [0.29, 0.717) is 17.4 Å². The largest absolute Gasteiger partial charge is 0.496 e. The molecule has 0 aliphatic carbocycles. The van der Waals surface area contributed by atoms with E-state index in [9.17, 15) is 0 Å². The molecule has 4 nitrogen and oxygen atoms in total. The lowest BCUT2D eigenvalue weighted by Gasteiger charge is -2.36. The number of hydrogen-bond donors (Lipinski definition) is 2. The Morgan fingerprint density at radius 1 is 1.45 bits per heavy atom. The maximum absolute atomic E-state index is 7.54. The molecule has 2 unspecified atom stereocenters. The average Bonchev–Trinajstić information content (AvgIpc) is 2.41. The molecule has 1 aromatic rings. The summed E-state index contributed by atoms with van der Waals surface area (Å²) in [5, 5.41) is 7.54. The van der Waals surface area contributed by atoms with E-state index in [4.69, 9.17) is 15.9 Å². The summed E-state index contributed by atoms with van der Waals surface area (Å²) in [5.41, 5.74) is 7.43. The zero-order valence-corrected chi connectivity index (χ0v) is 12.6. The number of ether oxygens (including phenoxy) is 1. The van der Waals surface area contributed by atoms with Crippen LogP contribution in [0.4, 0.5) is 0 Å². The molecule has 1 saturated heterocycles. The molecule has 1 aliphatic rings. The SMILES string of the molecule is COc1cc(CN2CCC(C)CC2C)ccc1C(=N)N. The highest BCUT2D eigenvalue weighted by molar-refractivity contribution is 5.97. The molecule has 2 rings (SSSR count). The van der Waals surface area contributed by atoms with Crippen LogP contribution in [0, 0.1) is 11.3 Å². The van der Waals surface area contributed by atoms with Crippen LogP contribution in [0.2, 0.25) is 0 Å². The second kappa shape index (κ2) is 6.27. The van der Waals surface area contributed by atoms with Crippen LogP contribution in [0.15, 0.2) is 18.2 Å². The van der Waals surface area contributed by atoms with Crippen molar-refractivity contribution in [3.05, 3.63) is 29.3 Å². The first-order valence-electron chi connectivity index (χ1n) is 7.26. The third kappa shape index (κ3) is 3.31. The van der Waals surface area contributed by atoms with Crippen LogP contribution in [0.5, 0.6) is 5.75 Å². The van der Waals surface area contributed by atoms with Crippen LogP contribution in [0.1, 0.15) is 37.8 Å². The van der Waals surface area contributed by atoms with E-state index in [0.717, 1.165) is 19.0 Å². The van der Waals surface area contributed by atoms with Gasteiger partial charge < -0.3 is 10.5 Å². The summed E-state index contributed by atoms with van der Waals surface area (Å²) in [6, 6.07) is 6.55. The quantitative estimate of drug-likeness (QED) is 0.656. The fourth-order valence-electron chi connectivity index (χ4n) is 2.98. The van der Waals surface area contributed by atoms with Gasteiger partial charge in [-0.05, 0) is 49.9 Å². The number of rotatable bonds is 4. The van der Waals surface area contributed by atoms with Crippen molar-refractivity contribution in [2.75, 3.05) is 13.7 Å². The third-order valence-electron chi connectivity index (χ3n) is 4.22. The first-order valence-corrected chi connectivity index (χ1v) is 7.26. The number of benzene rings is 1. The lowest BCUT2D eigenvalue weighted by Crippen LogP contribution is -2.39. The average molecular weight is 275 g/mol. The zero-order valence-electron chi connectivity index (χ0n) is 12.6. The molecular weight excluding hydrogens is 250 g/mol. The van der Waals surface area contributed by atoms with Crippen molar-refractivity contribution in [1.29, 1.82) is 5.41 Å². The normalized spacial score (nSPS) is 23.6. The minimum absolute atomic E-state index is 0.0496. The monoisotopic (exact) mass is 275 g/mol. The van der Waals surface area contributed by atoms with Gasteiger partial charge in [0.2, 0.25) is 0 Å². The number of nitrogens with two attached hydrogens (primary N) is 1. The number of nitrogens with zero attached hydrogens (tertiary/aromatic N) is 1. The fourth-order valence-corrected chi connectivity index (χ4v) is 2.98. The van der Waals surface area contributed by atoms with Gasteiger partial charge in [0.15, 0.2) is 0 Å². The van der Waals surface area contributed by atoms with E-state index in [-0.39, 0.29) is 5.84 Å². The van der Waals surface area contributed by atoms with Gasteiger partial charge in [-0.25, -0.2) is 0 Å². The fraction of sp³-hybridized carbons (Fsp3) is 0.562. The van der Waals surface area contributed by atoms with Crippen molar-refractivity contribution >= 4 is 5.84 Å². The zero-order chi connectivity index (χ0) is 14.7. The van der Waals surface area contributed by atoms with Gasteiger partial charge in [-0.15, -0.1) is 0 Å². The van der Waals surface area contributed by atoms with Gasteiger partial charge in [-0.2, -0.15) is 0 Å². The molecular formula is C16H25N3O. The Balaban J connectivity index is 2.12. The molecule has 0 aromatic heterocycles. The van der Waals surface area contributed by atoms with Crippen LogP contribution in [0.25, 0.3) is 0 Å². The lowest BCUT2D eigenvalue weighted by atomic mass is 9.93. The van der Waals surface area contributed by atoms with E-state index < -0.39 is 0 Å². The number of amidine groups is 1. The lowest BCUT2D eigenvalue weighted by molar-refractivity contribution is 0.122. The predicted octanol–water partition coefficient (Wildman–Crippen LogP) is 2.60. The van der Waals surface area contributed by atoms with Gasteiger partial charge in [-0.1, -0.05) is 13.0 Å². The predicted molar refractivity (Wildman–Crippen MR) is 82.3 cm³/mol. The van der Waals surface area contributed by atoms with Gasteiger partial charge in [0.1, 0.15) is 11.6 Å². The first kappa shape index (κ1) is 14.9. The van der Waals surface area contributed by atoms with Crippen molar-refractivity contribution in [3.8, 4) is 5.75 Å². The Morgan fingerprint density at radius 3 is 2.80 bits per heavy atom. The number of piperidine rings is 1. The molecule has 110 valence electrons. The van der Waals surface area contributed by atoms with Gasteiger partial charge in [0.25, 0.3) is 0 Å². The number of likely N-dealkylation sites (tertiary alicyclic amines) is 1. The van der Waals surface area contributed by atoms with Gasteiger partial charge in [0, 0.05) is 12.6 Å². The molecule has 0 bridgehead atoms. The smallest absolute Gasteiger partial charge is 0.130 e. The summed E-state index contributed by atoms with van der Waals surface area (Å²) in [4.78, 5) is 2.52. The second-order valence-corrected chi connectivity index (χ2v) is 5.90. The molecule has 0 radical (unpaired) electrons. The Labute approximate surface area is 121 Å². The highest BCUT2D eigenvalue weighted by atomic mass is 16.5. The number of nitrogen functional groups attached to an aromatic ring is 1. The molecule has 2 atom stereocenters. The molecule has 4 heteroatoms. The first-order chi connectivity index (χ1) is 9.51. The van der Waals surface area contributed by atoms with E-state index in [1.807, 2.05) is 18.2 Å². The minimum Gasteiger partial charge on any atom is -0.496 e. The number of hydrogen-bond acceptors (Lipinski definition) is 3. The van der Waals surface area contributed by atoms with Gasteiger partial charge in [0.05, 0.1) is 12.7 Å². The molecule has 3 N–H and O–H groups in total. The molecule has 0 spiro atoms. The topological polar surface area (TPSA) is 62.3 Å². The molecule has 0 saturated carbocycles. The molecule has 1 aromatic carbocycles. The summed E-state index contributed by atoms with van der Waals surface area (Å²) in [7, 11) is 1.62. The summed E-state index contributed by atoms with van der Waals surface area (Å²) in [5.74, 6) is 1.57. The molecule has 1 aliphatic heterocycles. The Kier molecular flexibility index (Phi) is 4.65. The van der Waals surface area contributed by atoms with Gasteiger partial charge >= 0.3 is 0 Å². The molecule has 1 heterocycles. The Bertz CT molecular complexity index is 487. The summed E-state index contributed by atoms with van der Waals surface area (Å²) < 4.78 is 5.34. The third-order valence-corrected chi connectivity index (χ3v) is 4.22. The summed E-state index contributed by atoms with van der Waals surface area (Å²) >= 11 is 0. The standard InChI is InChI=1S/C16H25N3O/c1-11-6-7-19(12(2)8-11)10-13-4-5-14(16(17)18)15(9-13)20-3/h4-5,9,11-12H,6-8,10H2,1-3H3,(H3,17,18). The maximum atomic E-state index is 7.54. The highest BCUT2D eigenvalue weighted by Crippen LogP contribution is 2.26. The Hall–Kier alpha value is -1.55. The number of nitrogens with one attached hydrogen (secondary N) is 1. The summed E-state index contributed by atoms with van der Waals surface area (Å²) in [6.07, 6.45) is 2.54. The van der Waals surface area contributed by atoms with Crippen molar-refractivity contribution in [2.24, 2.45) is 11.7 Å². The van der Waals surface area contributed by atoms with Gasteiger partial charge in [-0.3, -0.25) is 10.3 Å². The van der Waals surface area contributed by atoms with Crippen LogP contribution >= 0.6 is 0 Å². The maximum Gasteiger partial charge on any atom is 0.130 e. The van der Waals surface area contributed by atoms with Crippen molar-refractivity contribution in [3.63, 3.8) is 0 Å². The summed E-state index contributed by atoms with van der Waals surface area (Å²) in [6.45, 7) is 6.72. The minimum atomic E-state index is 0.0496. The van der Waals surface area contributed by atoms with Crippen molar-refractivity contribution < 1.29 is 4.74 Å².